The highest BCUT2D eigenvalue weighted by Crippen LogP contribution is 2.21. The van der Waals surface area contributed by atoms with Gasteiger partial charge in [-0.25, -0.2) is 4.98 Å². The van der Waals surface area contributed by atoms with Crippen LogP contribution in [-0.4, -0.2) is 41.9 Å². The van der Waals surface area contributed by atoms with Crippen molar-refractivity contribution in [2.45, 2.75) is 19.4 Å². The number of carbonyl (C=O) groups excluding carboxylic acids is 2. The Morgan fingerprint density at radius 2 is 2.28 bits per heavy atom. The highest BCUT2D eigenvalue weighted by molar-refractivity contribution is 7.12. The fourth-order valence-corrected chi connectivity index (χ4v) is 3.59. The van der Waals surface area contributed by atoms with Crippen molar-refractivity contribution in [2.75, 3.05) is 20.2 Å². The van der Waals surface area contributed by atoms with E-state index in [0.29, 0.717) is 25.5 Å². The van der Waals surface area contributed by atoms with Gasteiger partial charge < -0.3 is 15.0 Å². The minimum Gasteiger partial charge on any atom is -0.481 e. The van der Waals surface area contributed by atoms with Gasteiger partial charge in [0.05, 0.1) is 17.9 Å². The molecule has 1 fully saturated rings. The smallest absolute Gasteiger partial charge is 0.263 e. The first-order valence-electron chi connectivity index (χ1n) is 8.27. The molecular weight excluding hydrogens is 338 g/mol. The van der Waals surface area contributed by atoms with E-state index in [1.165, 1.54) is 11.3 Å². The molecule has 1 unspecified atom stereocenters. The molecule has 0 spiro atoms. The summed E-state index contributed by atoms with van der Waals surface area (Å²) in [5.74, 6) is 0.389. The highest BCUT2D eigenvalue weighted by Gasteiger charge is 2.29. The van der Waals surface area contributed by atoms with E-state index in [1.807, 2.05) is 23.6 Å². The molecule has 2 aromatic heterocycles. The highest BCUT2D eigenvalue weighted by atomic mass is 32.1. The molecule has 0 bridgehead atoms. The van der Waals surface area contributed by atoms with Gasteiger partial charge in [0, 0.05) is 31.9 Å². The Kier molecular flexibility index (Phi) is 5.65. The molecule has 25 heavy (non-hydrogen) atoms. The zero-order chi connectivity index (χ0) is 17.6. The van der Waals surface area contributed by atoms with Crippen molar-refractivity contribution in [3.05, 3.63) is 46.3 Å². The summed E-state index contributed by atoms with van der Waals surface area (Å²) in [6.45, 7) is 1.61. The fourth-order valence-electron chi connectivity index (χ4n) is 2.90. The number of carbonyl (C=O) groups is 2. The summed E-state index contributed by atoms with van der Waals surface area (Å²) in [6.07, 6.45) is 3.34. The molecular formula is C18H21N3O3S. The molecule has 1 atom stereocenters. The predicted octanol–water partition coefficient (Wildman–Crippen LogP) is 2.32. The molecule has 1 aliphatic heterocycles. The summed E-state index contributed by atoms with van der Waals surface area (Å²) in [5, 5.41) is 4.84. The SMILES string of the molecule is COc1ccc(CNC(=O)C2CCCN(C(=O)c3cccs3)C2)cn1. The normalized spacial score (nSPS) is 17.2. The van der Waals surface area contributed by atoms with Crippen LogP contribution in [0.25, 0.3) is 0 Å². The average molecular weight is 359 g/mol. The van der Waals surface area contributed by atoms with Crippen LogP contribution in [0.15, 0.2) is 35.8 Å². The Bertz CT molecular complexity index is 716. The van der Waals surface area contributed by atoms with Crippen LogP contribution in [0.1, 0.15) is 28.1 Å². The minimum atomic E-state index is -0.163. The van der Waals surface area contributed by atoms with Crippen LogP contribution in [0.3, 0.4) is 0 Å². The molecule has 2 amide bonds. The zero-order valence-corrected chi connectivity index (χ0v) is 14.9. The second kappa shape index (κ2) is 8.11. The lowest BCUT2D eigenvalue weighted by atomic mass is 9.97. The number of nitrogens with zero attached hydrogens (tertiary/aromatic N) is 2. The van der Waals surface area contributed by atoms with Crippen molar-refractivity contribution in [2.24, 2.45) is 5.92 Å². The molecule has 1 aliphatic rings. The Hall–Kier alpha value is -2.41. The Labute approximate surface area is 150 Å². The Balaban J connectivity index is 1.53. The number of pyridine rings is 1. The number of piperidine rings is 1. The van der Waals surface area contributed by atoms with E-state index in [2.05, 4.69) is 10.3 Å². The maximum Gasteiger partial charge on any atom is 0.263 e. The van der Waals surface area contributed by atoms with Crippen LogP contribution in [0.5, 0.6) is 5.88 Å². The summed E-state index contributed by atoms with van der Waals surface area (Å²) < 4.78 is 5.02. The lowest BCUT2D eigenvalue weighted by molar-refractivity contribution is -0.126. The van der Waals surface area contributed by atoms with Crippen LogP contribution in [0.4, 0.5) is 0 Å². The quantitative estimate of drug-likeness (QED) is 0.889. The molecule has 0 saturated carbocycles. The van der Waals surface area contributed by atoms with Gasteiger partial charge in [0.2, 0.25) is 11.8 Å². The number of methoxy groups -OCH3 is 1. The second-order valence-electron chi connectivity index (χ2n) is 5.99. The predicted molar refractivity (Wildman–Crippen MR) is 95.6 cm³/mol. The van der Waals surface area contributed by atoms with Gasteiger partial charge in [-0.2, -0.15) is 0 Å². The van der Waals surface area contributed by atoms with E-state index in [9.17, 15) is 9.59 Å². The number of hydrogen-bond donors (Lipinski definition) is 1. The van der Waals surface area contributed by atoms with E-state index in [1.54, 1.807) is 24.3 Å². The monoisotopic (exact) mass is 359 g/mol. The minimum absolute atomic E-state index is 0.0144. The summed E-state index contributed by atoms with van der Waals surface area (Å²) in [5.41, 5.74) is 0.913. The number of amides is 2. The van der Waals surface area contributed by atoms with Crippen LogP contribution in [0, 0.1) is 5.92 Å². The first kappa shape index (κ1) is 17.4. The first-order valence-corrected chi connectivity index (χ1v) is 9.14. The average Bonchev–Trinajstić information content (AvgIpc) is 3.20. The van der Waals surface area contributed by atoms with Gasteiger partial charge in [-0.3, -0.25) is 9.59 Å². The molecule has 3 rings (SSSR count). The van der Waals surface area contributed by atoms with E-state index >= 15 is 0 Å². The number of ether oxygens (including phenoxy) is 1. The van der Waals surface area contributed by atoms with Gasteiger partial charge >= 0.3 is 0 Å². The van der Waals surface area contributed by atoms with E-state index in [0.717, 1.165) is 23.3 Å². The van der Waals surface area contributed by atoms with Gasteiger partial charge in [-0.1, -0.05) is 12.1 Å². The third kappa shape index (κ3) is 4.36. The van der Waals surface area contributed by atoms with Gasteiger partial charge in [-0.15, -0.1) is 11.3 Å². The van der Waals surface area contributed by atoms with Crippen molar-refractivity contribution in [1.29, 1.82) is 0 Å². The van der Waals surface area contributed by atoms with E-state index in [4.69, 9.17) is 4.74 Å². The molecule has 1 saturated heterocycles. The number of aromatic nitrogens is 1. The van der Waals surface area contributed by atoms with Crippen LogP contribution in [-0.2, 0) is 11.3 Å². The molecule has 0 radical (unpaired) electrons. The van der Waals surface area contributed by atoms with Crippen molar-refractivity contribution >= 4 is 23.2 Å². The largest absolute Gasteiger partial charge is 0.481 e. The van der Waals surface area contributed by atoms with Crippen molar-refractivity contribution in [1.82, 2.24) is 15.2 Å². The molecule has 2 aromatic rings. The molecule has 0 aliphatic carbocycles. The standard InChI is InChI=1S/C18H21N3O3S/c1-24-16-7-6-13(10-19-16)11-20-17(22)14-4-2-8-21(12-14)18(23)15-5-3-9-25-15/h3,5-7,9-10,14H,2,4,8,11-12H2,1H3,(H,20,22). The lowest BCUT2D eigenvalue weighted by Crippen LogP contribution is -2.45. The van der Waals surface area contributed by atoms with Crippen molar-refractivity contribution in [3.8, 4) is 5.88 Å². The maximum absolute atomic E-state index is 12.5. The summed E-state index contributed by atoms with van der Waals surface area (Å²) in [6, 6.07) is 7.34. The maximum atomic E-state index is 12.5. The second-order valence-corrected chi connectivity index (χ2v) is 6.94. The van der Waals surface area contributed by atoms with Gasteiger partial charge in [0.1, 0.15) is 0 Å². The molecule has 0 aromatic carbocycles. The fraction of sp³-hybridized carbons (Fsp3) is 0.389. The molecule has 132 valence electrons. The van der Waals surface area contributed by atoms with E-state index < -0.39 is 0 Å². The Morgan fingerprint density at radius 3 is 2.96 bits per heavy atom. The third-order valence-corrected chi connectivity index (χ3v) is 5.14. The van der Waals surface area contributed by atoms with Crippen LogP contribution in [0.2, 0.25) is 0 Å². The molecule has 6 nitrogen and oxygen atoms in total. The number of likely N-dealkylation sites (tertiary alicyclic amines) is 1. The van der Waals surface area contributed by atoms with E-state index in [-0.39, 0.29) is 17.7 Å². The molecule has 7 heteroatoms. The summed E-state index contributed by atoms with van der Waals surface area (Å²) in [7, 11) is 1.57. The molecule has 3 heterocycles. The molecule has 1 N–H and O–H groups in total. The topological polar surface area (TPSA) is 71.5 Å². The van der Waals surface area contributed by atoms with Gasteiger partial charge in [0.25, 0.3) is 5.91 Å². The number of nitrogens with one attached hydrogen (secondary N) is 1. The van der Waals surface area contributed by atoms with Gasteiger partial charge in [0.15, 0.2) is 0 Å². The number of thiophene rings is 1. The summed E-state index contributed by atoms with van der Waals surface area (Å²) in [4.78, 5) is 31.6. The Morgan fingerprint density at radius 1 is 1.40 bits per heavy atom. The third-order valence-electron chi connectivity index (χ3n) is 4.28. The first-order chi connectivity index (χ1) is 12.2. The lowest BCUT2D eigenvalue weighted by Gasteiger charge is -2.31. The number of hydrogen-bond acceptors (Lipinski definition) is 5. The van der Waals surface area contributed by atoms with Crippen LogP contribution >= 0.6 is 11.3 Å². The van der Waals surface area contributed by atoms with Gasteiger partial charge in [-0.05, 0) is 29.9 Å². The van der Waals surface area contributed by atoms with Crippen LogP contribution < -0.4 is 10.1 Å². The zero-order valence-electron chi connectivity index (χ0n) is 14.1. The van der Waals surface area contributed by atoms with Crippen molar-refractivity contribution in [3.63, 3.8) is 0 Å². The number of rotatable bonds is 5. The summed E-state index contributed by atoms with van der Waals surface area (Å²) >= 11 is 1.44. The van der Waals surface area contributed by atoms with Crippen molar-refractivity contribution < 1.29 is 14.3 Å².